The second-order valence-electron chi connectivity index (χ2n) is 7.96. The number of ether oxygens (including phenoxy) is 2. The third-order valence-electron chi connectivity index (χ3n) is 6.02. The minimum Gasteiger partial charge on any atom is -0.432 e. The summed E-state index contributed by atoms with van der Waals surface area (Å²) in [6.07, 6.45) is 3.85. The Morgan fingerprint density at radius 3 is 2.48 bits per heavy atom. The highest BCUT2D eigenvalue weighted by Gasteiger charge is 2.45. The van der Waals surface area contributed by atoms with Crippen molar-refractivity contribution < 1.29 is 22.6 Å². The largest absolute Gasteiger partial charge is 0.432 e. The first-order chi connectivity index (χ1) is 12.9. The van der Waals surface area contributed by atoms with Gasteiger partial charge < -0.3 is 9.47 Å². The zero-order chi connectivity index (χ0) is 19.4. The van der Waals surface area contributed by atoms with Crippen LogP contribution < -0.4 is 4.74 Å². The summed E-state index contributed by atoms with van der Waals surface area (Å²) in [7, 11) is 0. The summed E-state index contributed by atoms with van der Waals surface area (Å²) in [6, 6.07) is 3.73. The van der Waals surface area contributed by atoms with Gasteiger partial charge in [-0.1, -0.05) is 13.3 Å². The lowest BCUT2D eigenvalue weighted by atomic mass is 9.76. The standard InChI is InChI=1S/C21H28BrF3O2/c1-2-3-14-4-11-20(26-13-14)15-5-7-16(8-6-15)21(24,25)27-17-9-10-18(22)19(23)12-17/h9-10,12,14-16,20H,2-8,11,13H2,1H3. The van der Waals surface area contributed by atoms with Crippen molar-refractivity contribution in [2.24, 2.45) is 17.8 Å². The average Bonchev–Trinajstić information content (AvgIpc) is 2.66. The van der Waals surface area contributed by atoms with E-state index in [0.29, 0.717) is 24.7 Å². The molecule has 1 aliphatic carbocycles. The maximum absolute atomic E-state index is 14.5. The molecule has 1 aromatic carbocycles. The summed E-state index contributed by atoms with van der Waals surface area (Å²) < 4.78 is 53.8. The van der Waals surface area contributed by atoms with Gasteiger partial charge in [-0.15, -0.1) is 0 Å². The molecule has 1 heterocycles. The van der Waals surface area contributed by atoms with Crippen molar-refractivity contribution in [2.75, 3.05) is 6.61 Å². The van der Waals surface area contributed by atoms with Crippen LogP contribution in [0.5, 0.6) is 5.75 Å². The van der Waals surface area contributed by atoms with Crippen LogP contribution in [0.1, 0.15) is 58.3 Å². The topological polar surface area (TPSA) is 18.5 Å². The molecule has 0 bridgehead atoms. The summed E-state index contributed by atoms with van der Waals surface area (Å²) in [6.45, 7) is 3.01. The third kappa shape index (κ3) is 5.41. The van der Waals surface area contributed by atoms with Crippen LogP contribution in [-0.2, 0) is 4.74 Å². The van der Waals surface area contributed by atoms with Crippen LogP contribution in [0.3, 0.4) is 0 Å². The van der Waals surface area contributed by atoms with Crippen LogP contribution in [0.15, 0.2) is 22.7 Å². The van der Waals surface area contributed by atoms with E-state index in [9.17, 15) is 13.2 Å². The molecule has 0 amide bonds. The highest BCUT2D eigenvalue weighted by atomic mass is 79.9. The van der Waals surface area contributed by atoms with Gasteiger partial charge in [0.05, 0.1) is 16.5 Å². The van der Waals surface area contributed by atoms with Crippen molar-refractivity contribution in [3.8, 4) is 5.75 Å². The molecule has 1 saturated carbocycles. The first-order valence-corrected chi connectivity index (χ1v) is 10.8. The summed E-state index contributed by atoms with van der Waals surface area (Å²) >= 11 is 3.01. The van der Waals surface area contributed by atoms with E-state index >= 15 is 0 Å². The number of alkyl halides is 2. The molecule has 2 nitrogen and oxygen atoms in total. The third-order valence-corrected chi connectivity index (χ3v) is 6.66. The lowest BCUT2D eigenvalue weighted by Crippen LogP contribution is -2.40. The van der Waals surface area contributed by atoms with E-state index in [2.05, 4.69) is 22.9 Å². The van der Waals surface area contributed by atoms with Crippen LogP contribution in [0, 0.1) is 23.6 Å². The Hall–Kier alpha value is -0.750. The minimum absolute atomic E-state index is 0.139. The number of hydrogen-bond acceptors (Lipinski definition) is 2. The summed E-state index contributed by atoms with van der Waals surface area (Å²) in [5.41, 5.74) is 0. The number of halogens is 4. The van der Waals surface area contributed by atoms with E-state index in [0.717, 1.165) is 31.9 Å². The molecule has 0 radical (unpaired) electrons. The summed E-state index contributed by atoms with van der Waals surface area (Å²) in [5, 5.41) is 0. The van der Waals surface area contributed by atoms with E-state index in [1.165, 1.54) is 31.4 Å². The molecule has 2 aliphatic rings. The van der Waals surface area contributed by atoms with Crippen molar-refractivity contribution in [2.45, 2.75) is 70.5 Å². The first kappa shape index (κ1) is 21.0. The fourth-order valence-corrected chi connectivity index (χ4v) is 4.69. The van der Waals surface area contributed by atoms with Gasteiger partial charge in [-0.3, -0.25) is 0 Å². The zero-order valence-electron chi connectivity index (χ0n) is 15.7. The Balaban J connectivity index is 1.50. The molecule has 27 heavy (non-hydrogen) atoms. The van der Waals surface area contributed by atoms with Crippen LogP contribution in [-0.4, -0.2) is 18.8 Å². The molecular formula is C21H28BrF3O2. The van der Waals surface area contributed by atoms with Gasteiger partial charge in [0, 0.05) is 12.7 Å². The van der Waals surface area contributed by atoms with Crippen LogP contribution in [0.4, 0.5) is 13.2 Å². The van der Waals surface area contributed by atoms with E-state index in [4.69, 9.17) is 9.47 Å². The van der Waals surface area contributed by atoms with E-state index in [1.807, 2.05) is 0 Å². The fraction of sp³-hybridized carbons (Fsp3) is 0.714. The Morgan fingerprint density at radius 2 is 1.89 bits per heavy atom. The van der Waals surface area contributed by atoms with Crippen molar-refractivity contribution in [1.82, 2.24) is 0 Å². The van der Waals surface area contributed by atoms with Crippen LogP contribution in [0.25, 0.3) is 0 Å². The summed E-state index contributed by atoms with van der Waals surface area (Å²) in [5.74, 6) is -0.559. The Morgan fingerprint density at radius 1 is 1.15 bits per heavy atom. The van der Waals surface area contributed by atoms with Crippen molar-refractivity contribution >= 4 is 15.9 Å². The number of hydrogen-bond donors (Lipinski definition) is 0. The molecule has 1 aliphatic heterocycles. The quantitative estimate of drug-likeness (QED) is 0.467. The molecule has 2 unspecified atom stereocenters. The van der Waals surface area contributed by atoms with Gasteiger partial charge in [0.15, 0.2) is 0 Å². The number of rotatable bonds is 6. The molecule has 152 valence electrons. The molecule has 2 fully saturated rings. The van der Waals surface area contributed by atoms with Crippen LogP contribution in [0.2, 0.25) is 0 Å². The molecule has 6 heteroatoms. The lowest BCUT2D eigenvalue weighted by Gasteiger charge is -2.39. The zero-order valence-corrected chi connectivity index (χ0v) is 17.3. The van der Waals surface area contributed by atoms with Gasteiger partial charge in [0.25, 0.3) is 0 Å². The van der Waals surface area contributed by atoms with Gasteiger partial charge in [-0.2, -0.15) is 8.78 Å². The maximum atomic E-state index is 14.5. The number of benzene rings is 1. The van der Waals surface area contributed by atoms with E-state index in [-0.39, 0.29) is 16.3 Å². The molecular weight excluding hydrogens is 421 g/mol. The SMILES string of the molecule is CCCC1CCC(C2CCC(C(F)(F)Oc3ccc(Br)c(F)c3)CC2)OC1. The van der Waals surface area contributed by atoms with Crippen molar-refractivity contribution in [1.29, 1.82) is 0 Å². The van der Waals surface area contributed by atoms with Gasteiger partial charge in [-0.05, 0) is 84.8 Å². The van der Waals surface area contributed by atoms with Crippen molar-refractivity contribution in [3.63, 3.8) is 0 Å². The second-order valence-corrected chi connectivity index (χ2v) is 8.81. The van der Waals surface area contributed by atoms with Gasteiger partial charge in [0.2, 0.25) is 0 Å². The van der Waals surface area contributed by atoms with Crippen LogP contribution >= 0.6 is 15.9 Å². The predicted molar refractivity (Wildman–Crippen MR) is 102 cm³/mol. The average molecular weight is 449 g/mol. The van der Waals surface area contributed by atoms with Gasteiger partial charge in [-0.25, -0.2) is 4.39 Å². The van der Waals surface area contributed by atoms with Crippen molar-refractivity contribution in [3.05, 3.63) is 28.5 Å². The predicted octanol–water partition coefficient (Wildman–Crippen LogP) is 6.96. The van der Waals surface area contributed by atoms with E-state index in [1.54, 1.807) is 0 Å². The Bertz CT molecular complexity index is 609. The van der Waals surface area contributed by atoms with E-state index < -0.39 is 17.8 Å². The maximum Gasteiger partial charge on any atom is 0.400 e. The van der Waals surface area contributed by atoms with Gasteiger partial charge in [0.1, 0.15) is 11.6 Å². The second kappa shape index (κ2) is 9.17. The molecule has 0 spiro atoms. The molecule has 1 saturated heterocycles. The first-order valence-electron chi connectivity index (χ1n) is 10.0. The highest BCUT2D eigenvalue weighted by Crippen LogP contribution is 2.43. The molecule has 0 N–H and O–H groups in total. The lowest BCUT2D eigenvalue weighted by molar-refractivity contribution is -0.225. The molecule has 3 rings (SSSR count). The molecule has 1 aromatic rings. The monoisotopic (exact) mass is 448 g/mol. The highest BCUT2D eigenvalue weighted by molar-refractivity contribution is 9.10. The normalized spacial score (nSPS) is 29.5. The summed E-state index contributed by atoms with van der Waals surface area (Å²) in [4.78, 5) is 0. The van der Waals surface area contributed by atoms with Gasteiger partial charge >= 0.3 is 6.11 Å². The smallest absolute Gasteiger partial charge is 0.400 e. The fourth-order valence-electron chi connectivity index (χ4n) is 4.44. The minimum atomic E-state index is -3.29. The molecule has 0 aromatic heterocycles. The Labute approximate surface area is 167 Å². The molecule has 2 atom stereocenters. The Kier molecular flexibility index (Phi) is 7.12.